The van der Waals surface area contributed by atoms with Gasteiger partial charge in [0.15, 0.2) is 0 Å². The molecule has 0 aromatic carbocycles. The Morgan fingerprint density at radius 1 is 1.28 bits per heavy atom. The van der Waals surface area contributed by atoms with Crippen LogP contribution in [0.15, 0.2) is 11.4 Å². The van der Waals surface area contributed by atoms with Crippen LogP contribution in [-0.4, -0.2) is 54.9 Å². The summed E-state index contributed by atoms with van der Waals surface area (Å²) in [6.45, 7) is 5.12. The van der Waals surface area contributed by atoms with Gasteiger partial charge < -0.3 is 9.30 Å². The van der Waals surface area contributed by atoms with Gasteiger partial charge in [-0.05, 0) is 44.6 Å². The van der Waals surface area contributed by atoms with Gasteiger partial charge in [-0.15, -0.1) is 0 Å². The Labute approximate surface area is 151 Å². The van der Waals surface area contributed by atoms with Gasteiger partial charge in [-0.3, -0.25) is 4.90 Å². The van der Waals surface area contributed by atoms with E-state index in [1.807, 2.05) is 4.57 Å². The van der Waals surface area contributed by atoms with Gasteiger partial charge in [0, 0.05) is 26.2 Å². The van der Waals surface area contributed by atoms with Crippen molar-refractivity contribution in [2.45, 2.75) is 69.7 Å². The summed E-state index contributed by atoms with van der Waals surface area (Å²) in [5.74, 6) is 0.560. The maximum Gasteiger partial charge on any atom is 0.227 e. The molecular formula is C18H31N3O3S. The molecule has 1 atom stereocenters. The Kier molecular flexibility index (Phi) is 6.17. The van der Waals surface area contributed by atoms with E-state index in [9.17, 15) is 8.42 Å². The third kappa shape index (κ3) is 4.63. The zero-order chi connectivity index (χ0) is 17.9. The number of hydrogen-bond acceptors (Lipinski definition) is 5. The largest absolute Gasteiger partial charge is 0.383 e. The summed E-state index contributed by atoms with van der Waals surface area (Å²) in [6.07, 6.45) is 8.69. The summed E-state index contributed by atoms with van der Waals surface area (Å²) in [5.41, 5.74) is 0.992. The molecule has 3 rings (SSSR count). The molecule has 0 bridgehead atoms. The molecule has 0 spiro atoms. The molecule has 2 aliphatic rings. The number of sulfone groups is 1. The molecule has 1 aliphatic heterocycles. The topological polar surface area (TPSA) is 64.4 Å². The SMILES string of the molecule is CCC1CCCCN1Cc1cnc(S(=O)(=O)CC2CC2)n1CCOC. The summed E-state index contributed by atoms with van der Waals surface area (Å²) < 4.78 is 32.6. The summed E-state index contributed by atoms with van der Waals surface area (Å²) in [7, 11) is -1.67. The quantitative estimate of drug-likeness (QED) is 0.669. The van der Waals surface area contributed by atoms with E-state index in [-0.39, 0.29) is 10.9 Å². The third-order valence-electron chi connectivity index (χ3n) is 5.44. The van der Waals surface area contributed by atoms with Crippen molar-refractivity contribution in [2.24, 2.45) is 5.92 Å². The Morgan fingerprint density at radius 2 is 2.08 bits per heavy atom. The molecule has 25 heavy (non-hydrogen) atoms. The second-order valence-electron chi connectivity index (χ2n) is 7.43. The van der Waals surface area contributed by atoms with Crippen LogP contribution in [0.1, 0.15) is 51.1 Å². The first kappa shape index (κ1) is 18.9. The summed E-state index contributed by atoms with van der Waals surface area (Å²) in [4.78, 5) is 6.82. The molecule has 2 fully saturated rings. The Bertz CT molecular complexity index is 667. The minimum absolute atomic E-state index is 0.233. The molecule has 0 amide bonds. The number of imidazole rings is 1. The first-order valence-corrected chi connectivity index (χ1v) is 11.2. The average molecular weight is 370 g/mol. The smallest absolute Gasteiger partial charge is 0.227 e. The molecule has 0 radical (unpaired) electrons. The zero-order valence-electron chi connectivity index (χ0n) is 15.5. The summed E-state index contributed by atoms with van der Waals surface area (Å²) >= 11 is 0. The molecule has 7 heteroatoms. The first-order valence-electron chi connectivity index (χ1n) is 9.55. The minimum Gasteiger partial charge on any atom is -0.383 e. The number of piperidine rings is 1. The number of methoxy groups -OCH3 is 1. The monoisotopic (exact) mass is 369 g/mol. The number of nitrogens with zero attached hydrogens (tertiary/aromatic N) is 3. The standard InChI is InChI=1S/C18H31N3O3S/c1-3-16-6-4-5-9-20(16)13-17-12-19-18(21(17)10-11-24-2)25(22,23)14-15-7-8-15/h12,15-16H,3-11,13-14H2,1-2H3. The number of ether oxygens (including phenoxy) is 1. The van der Waals surface area contributed by atoms with Crippen LogP contribution in [0.4, 0.5) is 0 Å². The van der Waals surface area contributed by atoms with E-state index in [4.69, 9.17) is 4.74 Å². The molecule has 1 saturated carbocycles. The van der Waals surface area contributed by atoms with Crippen LogP contribution in [0.5, 0.6) is 0 Å². The predicted molar refractivity (Wildman–Crippen MR) is 97.2 cm³/mol. The van der Waals surface area contributed by atoms with Crippen molar-refractivity contribution in [3.05, 3.63) is 11.9 Å². The van der Waals surface area contributed by atoms with Crippen molar-refractivity contribution >= 4 is 9.84 Å². The highest BCUT2D eigenvalue weighted by Crippen LogP contribution is 2.32. The molecule has 1 aromatic heterocycles. The highest BCUT2D eigenvalue weighted by atomic mass is 32.2. The van der Waals surface area contributed by atoms with Gasteiger partial charge in [0.1, 0.15) is 0 Å². The van der Waals surface area contributed by atoms with Gasteiger partial charge in [0.05, 0.1) is 24.3 Å². The van der Waals surface area contributed by atoms with Gasteiger partial charge in [-0.25, -0.2) is 13.4 Å². The van der Waals surface area contributed by atoms with Crippen molar-refractivity contribution in [1.29, 1.82) is 0 Å². The molecule has 6 nitrogen and oxygen atoms in total. The van der Waals surface area contributed by atoms with Crippen LogP contribution in [0, 0.1) is 5.92 Å². The molecule has 142 valence electrons. The lowest BCUT2D eigenvalue weighted by molar-refractivity contribution is 0.130. The molecule has 2 heterocycles. The van der Waals surface area contributed by atoms with E-state index >= 15 is 0 Å². The van der Waals surface area contributed by atoms with E-state index in [2.05, 4.69) is 16.8 Å². The van der Waals surface area contributed by atoms with Gasteiger partial charge in [-0.2, -0.15) is 0 Å². The van der Waals surface area contributed by atoms with Gasteiger partial charge in [-0.1, -0.05) is 13.3 Å². The van der Waals surface area contributed by atoms with Crippen molar-refractivity contribution in [3.8, 4) is 0 Å². The van der Waals surface area contributed by atoms with E-state index in [1.54, 1.807) is 13.3 Å². The summed E-state index contributed by atoms with van der Waals surface area (Å²) in [6, 6.07) is 0.589. The van der Waals surface area contributed by atoms with Crippen molar-refractivity contribution in [3.63, 3.8) is 0 Å². The average Bonchev–Trinajstić information content (AvgIpc) is 3.30. The van der Waals surface area contributed by atoms with Crippen LogP contribution >= 0.6 is 0 Å². The molecule has 0 N–H and O–H groups in total. The predicted octanol–water partition coefficient (Wildman–Crippen LogP) is 2.48. The fourth-order valence-corrected chi connectivity index (χ4v) is 5.66. The molecular weight excluding hydrogens is 338 g/mol. The maximum atomic E-state index is 12.8. The Morgan fingerprint density at radius 3 is 2.76 bits per heavy atom. The van der Waals surface area contributed by atoms with Gasteiger partial charge in [0.25, 0.3) is 0 Å². The number of rotatable bonds is 9. The van der Waals surface area contributed by atoms with E-state index < -0.39 is 9.84 Å². The zero-order valence-corrected chi connectivity index (χ0v) is 16.3. The molecule has 1 saturated heterocycles. The highest BCUT2D eigenvalue weighted by molar-refractivity contribution is 7.91. The first-order chi connectivity index (χ1) is 12.0. The van der Waals surface area contributed by atoms with Crippen LogP contribution < -0.4 is 0 Å². The fourth-order valence-electron chi connectivity index (χ4n) is 3.80. The lowest BCUT2D eigenvalue weighted by atomic mass is 10.00. The van der Waals surface area contributed by atoms with Crippen molar-refractivity contribution < 1.29 is 13.2 Å². The lowest BCUT2D eigenvalue weighted by Gasteiger charge is -2.35. The second-order valence-corrected chi connectivity index (χ2v) is 9.36. The van der Waals surface area contributed by atoms with Crippen LogP contribution in [0.25, 0.3) is 0 Å². The minimum atomic E-state index is -3.32. The van der Waals surface area contributed by atoms with Gasteiger partial charge >= 0.3 is 0 Å². The van der Waals surface area contributed by atoms with E-state index in [1.165, 1.54) is 19.3 Å². The second kappa shape index (κ2) is 8.18. The number of aromatic nitrogens is 2. The van der Waals surface area contributed by atoms with Crippen LogP contribution in [-0.2, 0) is 27.7 Å². The fraction of sp³-hybridized carbons (Fsp3) is 0.833. The Balaban J connectivity index is 1.82. The molecule has 1 aromatic rings. The van der Waals surface area contributed by atoms with Crippen LogP contribution in [0.3, 0.4) is 0 Å². The Hall–Kier alpha value is -0.920. The molecule has 1 unspecified atom stereocenters. The van der Waals surface area contributed by atoms with E-state index in [0.29, 0.717) is 25.1 Å². The van der Waals surface area contributed by atoms with E-state index in [0.717, 1.165) is 38.0 Å². The molecule has 1 aliphatic carbocycles. The maximum absolute atomic E-state index is 12.8. The third-order valence-corrected chi connectivity index (χ3v) is 7.23. The number of likely N-dealkylation sites (tertiary alicyclic amines) is 1. The number of hydrogen-bond donors (Lipinski definition) is 0. The van der Waals surface area contributed by atoms with Gasteiger partial charge in [0.2, 0.25) is 15.0 Å². The highest BCUT2D eigenvalue weighted by Gasteiger charge is 2.33. The van der Waals surface area contributed by atoms with Crippen LogP contribution in [0.2, 0.25) is 0 Å². The normalized spacial score (nSPS) is 22.4. The van der Waals surface area contributed by atoms with Crippen molar-refractivity contribution in [2.75, 3.05) is 26.0 Å². The van der Waals surface area contributed by atoms with Crippen molar-refractivity contribution in [1.82, 2.24) is 14.5 Å². The summed E-state index contributed by atoms with van der Waals surface area (Å²) in [5, 5.41) is 0.233. The lowest BCUT2D eigenvalue weighted by Crippen LogP contribution is -2.39.